The number of ether oxygens (including phenoxy) is 2. The first-order valence-electron chi connectivity index (χ1n) is 15.8. The monoisotopic (exact) mass is 614 g/mol. The van der Waals surface area contributed by atoms with Crippen molar-refractivity contribution in [1.82, 2.24) is 14.3 Å². The number of aryl methyl sites for hydroxylation is 3. The zero-order valence-corrected chi connectivity index (χ0v) is 27.0. The highest BCUT2D eigenvalue weighted by molar-refractivity contribution is 6.35. The number of hydrogen-bond acceptors (Lipinski definition) is 5. The number of nitrogens with two attached hydrogens (primary N) is 1. The van der Waals surface area contributed by atoms with Crippen LogP contribution in [0.1, 0.15) is 74.1 Å². The topological polar surface area (TPSA) is 84.3 Å². The summed E-state index contributed by atoms with van der Waals surface area (Å²) in [4.78, 5) is 13.7. The van der Waals surface area contributed by atoms with Crippen LogP contribution in [-0.2, 0) is 24.8 Å². The van der Waals surface area contributed by atoms with Crippen molar-refractivity contribution < 1.29 is 14.3 Å². The van der Waals surface area contributed by atoms with E-state index in [1.807, 2.05) is 57.3 Å². The first-order valence-corrected chi connectivity index (χ1v) is 16.2. The average molecular weight is 615 g/mol. The summed E-state index contributed by atoms with van der Waals surface area (Å²) in [5.41, 5.74) is 11.4. The third-order valence-electron chi connectivity index (χ3n) is 8.42. The van der Waals surface area contributed by atoms with E-state index in [0.717, 1.165) is 75.5 Å². The first-order chi connectivity index (χ1) is 21.4. The van der Waals surface area contributed by atoms with Gasteiger partial charge in [-0.3, -0.25) is 4.68 Å². The van der Waals surface area contributed by atoms with Crippen LogP contribution in [-0.4, -0.2) is 33.5 Å². The lowest BCUT2D eigenvalue weighted by Gasteiger charge is -2.15. The molecule has 0 aliphatic rings. The summed E-state index contributed by atoms with van der Waals surface area (Å²) >= 11 is 6.97. The summed E-state index contributed by atoms with van der Waals surface area (Å²) in [6.07, 6.45) is 6.90. The van der Waals surface area contributed by atoms with Crippen LogP contribution in [0, 0.1) is 6.92 Å². The zero-order valence-electron chi connectivity index (χ0n) is 26.3. The van der Waals surface area contributed by atoms with Crippen molar-refractivity contribution in [3.05, 3.63) is 76.6 Å². The van der Waals surface area contributed by atoms with Gasteiger partial charge in [0, 0.05) is 35.6 Å². The number of aromatic nitrogens is 3. The maximum Gasteiger partial charge on any atom is 0.355 e. The van der Waals surface area contributed by atoms with Gasteiger partial charge < -0.3 is 19.8 Å². The lowest BCUT2D eigenvalue weighted by molar-refractivity contribution is 0.0512. The fraction of sp³-hybridized carbons (Fsp3) is 0.389. The third-order valence-corrected chi connectivity index (χ3v) is 8.74. The fourth-order valence-electron chi connectivity index (χ4n) is 6.21. The molecule has 3 aromatic carbocycles. The quantitative estimate of drug-likeness (QED) is 0.0997. The Morgan fingerprint density at radius 3 is 2.45 bits per heavy atom. The van der Waals surface area contributed by atoms with Gasteiger partial charge in [-0.25, -0.2) is 4.79 Å². The van der Waals surface area contributed by atoms with Crippen LogP contribution < -0.4 is 10.5 Å². The van der Waals surface area contributed by atoms with Gasteiger partial charge in [0.15, 0.2) is 5.82 Å². The van der Waals surface area contributed by atoms with Crippen LogP contribution in [0.3, 0.4) is 0 Å². The van der Waals surface area contributed by atoms with E-state index in [9.17, 15) is 4.79 Å². The molecule has 0 aliphatic heterocycles. The number of esters is 1. The second kappa shape index (κ2) is 14.2. The van der Waals surface area contributed by atoms with Crippen molar-refractivity contribution in [3.8, 4) is 16.9 Å². The molecule has 0 unspecified atom stereocenters. The van der Waals surface area contributed by atoms with Crippen LogP contribution in [0.5, 0.6) is 5.75 Å². The van der Waals surface area contributed by atoms with E-state index in [-0.39, 0.29) is 5.97 Å². The number of benzene rings is 3. The van der Waals surface area contributed by atoms with Gasteiger partial charge >= 0.3 is 5.97 Å². The summed E-state index contributed by atoms with van der Waals surface area (Å²) in [5, 5.41) is 8.27. The smallest absolute Gasteiger partial charge is 0.355 e. The number of carbonyl (C=O) groups excluding carboxylic acids is 1. The summed E-state index contributed by atoms with van der Waals surface area (Å²) in [5.74, 6) is 0.956. The minimum Gasteiger partial charge on any atom is -0.493 e. The summed E-state index contributed by atoms with van der Waals surface area (Å²) in [7, 11) is 1.88. The molecule has 0 saturated carbocycles. The van der Waals surface area contributed by atoms with E-state index in [1.54, 1.807) is 4.68 Å². The Labute approximate surface area is 264 Å². The Morgan fingerprint density at radius 1 is 0.932 bits per heavy atom. The number of carbonyl (C=O) groups is 1. The van der Waals surface area contributed by atoms with Crippen molar-refractivity contribution >= 4 is 45.1 Å². The minimum atomic E-state index is -0.319. The van der Waals surface area contributed by atoms with Crippen molar-refractivity contribution in [2.24, 2.45) is 7.05 Å². The number of nitrogen functional groups attached to an aromatic ring is 1. The summed E-state index contributed by atoms with van der Waals surface area (Å²) in [6, 6.07) is 18.3. The van der Waals surface area contributed by atoms with Gasteiger partial charge in [-0.15, -0.1) is 0 Å². The highest BCUT2D eigenvalue weighted by Gasteiger charge is 2.28. The van der Waals surface area contributed by atoms with Crippen molar-refractivity contribution in [2.75, 3.05) is 18.9 Å². The maximum atomic E-state index is 13.7. The molecule has 0 saturated heterocycles. The highest BCUT2D eigenvalue weighted by atomic mass is 35.5. The van der Waals surface area contributed by atoms with Crippen LogP contribution >= 0.6 is 11.6 Å². The van der Waals surface area contributed by atoms with Gasteiger partial charge in [0.05, 0.1) is 29.3 Å². The molecular weight excluding hydrogens is 572 g/mol. The fourth-order valence-corrected chi connectivity index (χ4v) is 6.46. The van der Waals surface area contributed by atoms with Crippen LogP contribution in [0.25, 0.3) is 32.8 Å². The third kappa shape index (κ3) is 6.29. The molecule has 2 heterocycles. The predicted molar refractivity (Wildman–Crippen MR) is 181 cm³/mol. The number of unbranched alkanes of at least 4 members (excludes halogenated alkanes) is 4. The molecule has 7 nitrogen and oxygen atoms in total. The Morgan fingerprint density at radius 2 is 1.70 bits per heavy atom. The van der Waals surface area contributed by atoms with E-state index in [4.69, 9.17) is 26.8 Å². The van der Waals surface area contributed by atoms with E-state index < -0.39 is 0 Å². The standard InChI is InChI=1S/C36H43ClN4O3/c1-5-7-8-9-12-22-41-33-28(20-21-29(37)32(33)31-24(3)40(4)39-35(31)38)27(34(41)36(42)43-6-2)18-14-23-44-30-19-13-16-25-15-10-11-17-26(25)30/h10-11,13,15-17,19-21H,5-9,12,14,18,22-23H2,1-4H3,(H2,38,39). The molecule has 232 valence electrons. The number of rotatable bonds is 14. The largest absolute Gasteiger partial charge is 0.493 e. The summed E-state index contributed by atoms with van der Waals surface area (Å²) in [6.45, 7) is 7.52. The Kier molecular flexibility index (Phi) is 10.2. The van der Waals surface area contributed by atoms with Gasteiger partial charge in [-0.05, 0) is 56.2 Å². The minimum absolute atomic E-state index is 0.294. The van der Waals surface area contributed by atoms with Gasteiger partial charge in [0.1, 0.15) is 11.4 Å². The molecule has 0 bridgehead atoms. The van der Waals surface area contributed by atoms with Crippen molar-refractivity contribution in [2.45, 2.75) is 72.3 Å². The molecule has 2 aromatic heterocycles. The lowest BCUT2D eigenvalue weighted by atomic mass is 9.99. The molecule has 5 rings (SSSR count). The molecule has 0 fully saturated rings. The number of fused-ring (bicyclic) bond motifs is 2. The number of hydrogen-bond donors (Lipinski definition) is 1. The maximum absolute atomic E-state index is 13.7. The number of halogens is 1. The van der Waals surface area contributed by atoms with Crippen molar-refractivity contribution in [3.63, 3.8) is 0 Å². The number of anilines is 1. The molecular formula is C36H43ClN4O3. The van der Waals surface area contributed by atoms with Crippen LogP contribution in [0.2, 0.25) is 5.02 Å². The second-order valence-corrected chi connectivity index (χ2v) is 11.7. The highest BCUT2D eigenvalue weighted by Crippen LogP contribution is 2.43. The lowest BCUT2D eigenvalue weighted by Crippen LogP contribution is -2.15. The molecule has 0 spiro atoms. The molecule has 8 heteroatoms. The first kappa shape index (κ1) is 31.5. The van der Waals surface area contributed by atoms with Crippen LogP contribution in [0.4, 0.5) is 5.82 Å². The average Bonchev–Trinajstić information content (AvgIpc) is 3.46. The normalized spacial score (nSPS) is 11.5. The Bertz CT molecular complexity index is 1770. The molecule has 2 N–H and O–H groups in total. The number of nitrogens with zero attached hydrogens (tertiary/aromatic N) is 3. The van der Waals surface area contributed by atoms with Gasteiger partial charge in [-0.1, -0.05) is 86.7 Å². The molecule has 0 aliphatic carbocycles. The van der Waals surface area contributed by atoms with E-state index in [1.165, 1.54) is 12.8 Å². The molecule has 44 heavy (non-hydrogen) atoms. The Balaban J connectivity index is 1.57. The van der Waals surface area contributed by atoms with Gasteiger partial charge in [0.25, 0.3) is 0 Å². The molecule has 0 atom stereocenters. The van der Waals surface area contributed by atoms with E-state index in [0.29, 0.717) is 42.7 Å². The molecule has 0 radical (unpaired) electrons. The Hall–Kier alpha value is -3.97. The molecule has 5 aromatic rings. The summed E-state index contributed by atoms with van der Waals surface area (Å²) < 4.78 is 15.9. The predicted octanol–water partition coefficient (Wildman–Crippen LogP) is 8.90. The van der Waals surface area contributed by atoms with Crippen LogP contribution in [0.15, 0.2) is 54.6 Å². The van der Waals surface area contributed by atoms with E-state index in [2.05, 4.69) is 34.8 Å². The van der Waals surface area contributed by atoms with Gasteiger partial charge in [-0.2, -0.15) is 5.10 Å². The second-order valence-electron chi connectivity index (χ2n) is 11.3. The molecule has 0 amide bonds. The van der Waals surface area contributed by atoms with E-state index >= 15 is 0 Å². The zero-order chi connectivity index (χ0) is 31.2. The SMILES string of the molecule is CCCCCCCn1c(C(=O)OCC)c(CCCOc2cccc3ccccc23)c2ccc(Cl)c(-c3c(N)nn(C)c3C)c21. The van der Waals surface area contributed by atoms with Crippen molar-refractivity contribution in [1.29, 1.82) is 0 Å². The van der Waals surface area contributed by atoms with Gasteiger partial charge in [0.2, 0.25) is 0 Å².